The molecule has 0 unspecified atom stereocenters. The maximum atomic E-state index is 5.09. The third-order valence-electron chi connectivity index (χ3n) is 6.28. The number of hydrogen-bond donors (Lipinski definition) is 0. The summed E-state index contributed by atoms with van der Waals surface area (Å²) in [6, 6.07) is 19.2. The van der Waals surface area contributed by atoms with Gasteiger partial charge < -0.3 is 0 Å². The average molecular weight is 448 g/mol. The maximum absolute atomic E-state index is 5.09. The van der Waals surface area contributed by atoms with Gasteiger partial charge in [0.05, 0.1) is 34.2 Å². The molecule has 0 N–H and O–H groups in total. The van der Waals surface area contributed by atoms with Gasteiger partial charge in [0.15, 0.2) is 0 Å². The Morgan fingerprint density at radius 2 is 1.09 bits per heavy atom. The standard InChI is InChI=1S/C31H33N3/c1-18-13-20(3)29(21(4)14-18)32-24(7)28-17-26-11-9-10-12-27(26)31(34-28)25(8)33-30-22(5)15-19(2)16-23(30)6/h9-17H,1-8H3. The van der Waals surface area contributed by atoms with Gasteiger partial charge in [0.1, 0.15) is 0 Å². The number of rotatable bonds is 4. The van der Waals surface area contributed by atoms with Gasteiger partial charge in [-0.15, -0.1) is 0 Å². The van der Waals surface area contributed by atoms with E-state index in [2.05, 4.69) is 103 Å². The summed E-state index contributed by atoms with van der Waals surface area (Å²) in [5.41, 5.74) is 12.9. The third kappa shape index (κ3) is 4.70. The number of aliphatic imine (C=N–C) groups is 2. The van der Waals surface area contributed by atoms with Crippen molar-refractivity contribution in [1.82, 2.24) is 4.98 Å². The van der Waals surface area contributed by atoms with Crippen LogP contribution in [-0.2, 0) is 0 Å². The zero-order valence-corrected chi connectivity index (χ0v) is 21.5. The highest BCUT2D eigenvalue weighted by Gasteiger charge is 2.13. The summed E-state index contributed by atoms with van der Waals surface area (Å²) >= 11 is 0. The zero-order valence-electron chi connectivity index (χ0n) is 21.5. The van der Waals surface area contributed by atoms with E-state index in [0.29, 0.717) is 0 Å². The Kier molecular flexibility index (Phi) is 6.47. The van der Waals surface area contributed by atoms with E-state index in [9.17, 15) is 0 Å². The molecular formula is C31H33N3. The second-order valence-corrected chi connectivity index (χ2v) is 9.47. The Hall–Kier alpha value is -3.59. The molecule has 34 heavy (non-hydrogen) atoms. The van der Waals surface area contributed by atoms with E-state index in [1.54, 1.807) is 0 Å². The van der Waals surface area contributed by atoms with E-state index in [4.69, 9.17) is 15.0 Å². The molecule has 3 nitrogen and oxygen atoms in total. The molecule has 0 radical (unpaired) electrons. The fraction of sp³-hybridized carbons (Fsp3) is 0.258. The van der Waals surface area contributed by atoms with Gasteiger partial charge in [-0.3, -0.25) is 9.98 Å². The molecule has 0 spiro atoms. The van der Waals surface area contributed by atoms with Crippen molar-refractivity contribution in [3.63, 3.8) is 0 Å². The minimum atomic E-state index is 0.875. The van der Waals surface area contributed by atoms with E-state index in [0.717, 1.165) is 45.0 Å². The lowest BCUT2D eigenvalue weighted by atomic mass is 10.0. The molecule has 0 amide bonds. The molecule has 1 heterocycles. The molecule has 0 saturated carbocycles. The Bertz CT molecular complexity index is 1430. The molecule has 0 aliphatic heterocycles. The number of aromatic nitrogens is 1. The van der Waals surface area contributed by atoms with Crippen LogP contribution in [0.4, 0.5) is 11.4 Å². The van der Waals surface area contributed by atoms with Crippen LogP contribution in [-0.4, -0.2) is 16.4 Å². The number of fused-ring (bicyclic) bond motifs is 1. The molecule has 3 heteroatoms. The first-order chi connectivity index (χ1) is 16.1. The van der Waals surface area contributed by atoms with Crippen LogP contribution in [0.1, 0.15) is 58.6 Å². The number of hydrogen-bond acceptors (Lipinski definition) is 3. The van der Waals surface area contributed by atoms with Crippen molar-refractivity contribution in [3.8, 4) is 0 Å². The van der Waals surface area contributed by atoms with Gasteiger partial charge in [0, 0.05) is 5.39 Å². The fourth-order valence-electron chi connectivity index (χ4n) is 4.80. The van der Waals surface area contributed by atoms with Crippen molar-refractivity contribution in [2.75, 3.05) is 0 Å². The first-order valence-corrected chi connectivity index (χ1v) is 11.8. The molecule has 3 aromatic carbocycles. The first kappa shape index (κ1) is 23.6. The Balaban J connectivity index is 1.88. The molecule has 4 aromatic rings. The topological polar surface area (TPSA) is 37.6 Å². The van der Waals surface area contributed by atoms with Crippen molar-refractivity contribution in [3.05, 3.63) is 99.4 Å². The van der Waals surface area contributed by atoms with Crippen LogP contribution in [0.2, 0.25) is 0 Å². The molecular weight excluding hydrogens is 414 g/mol. The van der Waals surface area contributed by atoms with Crippen molar-refractivity contribution in [2.24, 2.45) is 9.98 Å². The molecule has 172 valence electrons. The van der Waals surface area contributed by atoms with Crippen LogP contribution < -0.4 is 0 Å². The molecule has 0 fully saturated rings. The molecule has 0 saturated heterocycles. The van der Waals surface area contributed by atoms with Gasteiger partial charge in [-0.05, 0) is 89.1 Å². The number of benzene rings is 3. The number of aryl methyl sites for hydroxylation is 6. The van der Waals surface area contributed by atoms with Crippen LogP contribution >= 0.6 is 0 Å². The van der Waals surface area contributed by atoms with Gasteiger partial charge in [-0.2, -0.15) is 0 Å². The largest absolute Gasteiger partial charge is 0.251 e. The quantitative estimate of drug-likeness (QED) is 0.290. The van der Waals surface area contributed by atoms with Crippen LogP contribution in [0.3, 0.4) is 0 Å². The highest BCUT2D eigenvalue weighted by molar-refractivity contribution is 6.11. The lowest BCUT2D eigenvalue weighted by Gasteiger charge is -2.13. The second kappa shape index (κ2) is 9.34. The molecule has 0 atom stereocenters. The van der Waals surface area contributed by atoms with Crippen LogP contribution in [0.5, 0.6) is 0 Å². The van der Waals surface area contributed by atoms with Crippen molar-refractivity contribution >= 4 is 33.6 Å². The van der Waals surface area contributed by atoms with Crippen LogP contribution in [0.15, 0.2) is 64.6 Å². The normalized spacial score (nSPS) is 12.5. The van der Waals surface area contributed by atoms with Gasteiger partial charge in [0.2, 0.25) is 0 Å². The SMILES string of the molecule is CC(=Nc1c(C)cc(C)cc1C)c1cc2ccccc2c(C(C)=Nc2c(C)cc(C)cc2C)n1. The fourth-order valence-corrected chi connectivity index (χ4v) is 4.80. The molecule has 4 rings (SSSR count). The number of nitrogens with zero attached hydrogens (tertiary/aromatic N) is 3. The van der Waals surface area contributed by atoms with Crippen molar-refractivity contribution in [2.45, 2.75) is 55.4 Å². The lowest BCUT2D eigenvalue weighted by Crippen LogP contribution is -2.07. The lowest BCUT2D eigenvalue weighted by molar-refractivity contribution is 1.24. The van der Waals surface area contributed by atoms with Gasteiger partial charge in [0.25, 0.3) is 0 Å². The van der Waals surface area contributed by atoms with E-state index in [1.807, 2.05) is 6.92 Å². The average Bonchev–Trinajstić information content (AvgIpc) is 2.77. The highest BCUT2D eigenvalue weighted by atomic mass is 14.8. The summed E-state index contributed by atoms with van der Waals surface area (Å²) in [4.78, 5) is 15.2. The van der Waals surface area contributed by atoms with E-state index < -0.39 is 0 Å². The van der Waals surface area contributed by atoms with E-state index in [1.165, 1.54) is 33.4 Å². The second-order valence-electron chi connectivity index (χ2n) is 9.47. The molecule has 0 aliphatic carbocycles. The Morgan fingerprint density at radius 1 is 0.618 bits per heavy atom. The van der Waals surface area contributed by atoms with E-state index in [-0.39, 0.29) is 0 Å². The Morgan fingerprint density at radius 3 is 1.62 bits per heavy atom. The third-order valence-corrected chi connectivity index (χ3v) is 6.28. The summed E-state index contributed by atoms with van der Waals surface area (Å²) in [6.07, 6.45) is 0. The van der Waals surface area contributed by atoms with Crippen molar-refractivity contribution < 1.29 is 0 Å². The van der Waals surface area contributed by atoms with Crippen LogP contribution in [0.25, 0.3) is 10.8 Å². The van der Waals surface area contributed by atoms with Gasteiger partial charge >= 0.3 is 0 Å². The monoisotopic (exact) mass is 447 g/mol. The summed E-state index contributed by atoms with van der Waals surface area (Å²) in [5, 5.41) is 2.24. The summed E-state index contributed by atoms with van der Waals surface area (Å²) in [6.45, 7) is 16.8. The van der Waals surface area contributed by atoms with Gasteiger partial charge in [-0.25, -0.2) is 4.98 Å². The number of pyridine rings is 1. The summed E-state index contributed by atoms with van der Waals surface area (Å²) < 4.78 is 0. The molecule has 1 aromatic heterocycles. The zero-order chi connectivity index (χ0) is 24.6. The minimum Gasteiger partial charge on any atom is -0.251 e. The van der Waals surface area contributed by atoms with Gasteiger partial charge in [-0.1, -0.05) is 59.7 Å². The predicted octanol–water partition coefficient (Wildman–Crippen LogP) is 8.37. The maximum Gasteiger partial charge on any atom is 0.0928 e. The Labute approximate surface area is 203 Å². The summed E-state index contributed by atoms with van der Waals surface area (Å²) in [7, 11) is 0. The summed E-state index contributed by atoms with van der Waals surface area (Å²) in [5.74, 6) is 0. The van der Waals surface area contributed by atoms with Crippen LogP contribution in [0, 0.1) is 41.5 Å². The van der Waals surface area contributed by atoms with E-state index >= 15 is 0 Å². The minimum absolute atomic E-state index is 0.875. The first-order valence-electron chi connectivity index (χ1n) is 11.8. The molecule has 0 bridgehead atoms. The predicted molar refractivity (Wildman–Crippen MR) is 147 cm³/mol. The molecule has 0 aliphatic rings. The van der Waals surface area contributed by atoms with Crippen molar-refractivity contribution in [1.29, 1.82) is 0 Å². The smallest absolute Gasteiger partial charge is 0.0928 e. The highest BCUT2D eigenvalue weighted by Crippen LogP contribution is 2.29.